The van der Waals surface area contributed by atoms with E-state index in [1.165, 1.54) is 38.5 Å². The SMILES string of the molecule is CCCCCCCCCOC[N+](C)(CCO)CCO.[Cl-]. The molecular formula is C15H34ClNO3. The number of nitrogens with zero attached hydrogens (tertiary/aromatic N) is 1. The van der Waals surface area contributed by atoms with Gasteiger partial charge in [0.15, 0.2) is 6.73 Å². The van der Waals surface area contributed by atoms with Crippen molar-refractivity contribution in [2.75, 3.05) is 46.7 Å². The molecule has 0 aliphatic carbocycles. The van der Waals surface area contributed by atoms with E-state index in [4.69, 9.17) is 14.9 Å². The molecule has 5 heteroatoms. The van der Waals surface area contributed by atoms with Gasteiger partial charge in [0.05, 0.1) is 26.9 Å². The maximum atomic E-state index is 9.02. The molecule has 0 aliphatic heterocycles. The Balaban J connectivity index is 0. The van der Waals surface area contributed by atoms with Crippen molar-refractivity contribution in [1.29, 1.82) is 0 Å². The minimum atomic E-state index is 0. The summed E-state index contributed by atoms with van der Waals surface area (Å²) >= 11 is 0. The molecular weight excluding hydrogens is 278 g/mol. The van der Waals surface area contributed by atoms with Crippen molar-refractivity contribution in [3.05, 3.63) is 0 Å². The zero-order valence-electron chi connectivity index (χ0n) is 13.3. The normalized spacial score (nSPS) is 11.4. The van der Waals surface area contributed by atoms with Gasteiger partial charge in [-0.2, -0.15) is 0 Å². The Hall–Kier alpha value is 0.130. The van der Waals surface area contributed by atoms with Gasteiger partial charge in [0.25, 0.3) is 0 Å². The molecule has 0 amide bonds. The average molecular weight is 312 g/mol. The van der Waals surface area contributed by atoms with Gasteiger partial charge in [-0.1, -0.05) is 45.4 Å². The molecule has 2 N–H and O–H groups in total. The van der Waals surface area contributed by atoms with Crippen LogP contribution in [0.1, 0.15) is 51.9 Å². The van der Waals surface area contributed by atoms with Crippen molar-refractivity contribution in [3.63, 3.8) is 0 Å². The van der Waals surface area contributed by atoms with E-state index in [0.717, 1.165) is 13.0 Å². The highest BCUT2D eigenvalue weighted by molar-refractivity contribution is 4.44. The molecule has 20 heavy (non-hydrogen) atoms. The molecule has 0 bridgehead atoms. The second-order valence-electron chi connectivity index (χ2n) is 5.67. The van der Waals surface area contributed by atoms with Gasteiger partial charge < -0.3 is 27.4 Å². The average Bonchev–Trinajstić information content (AvgIpc) is 2.37. The Morgan fingerprint density at radius 3 is 1.85 bits per heavy atom. The van der Waals surface area contributed by atoms with Crippen LogP contribution < -0.4 is 12.4 Å². The van der Waals surface area contributed by atoms with Crippen molar-refractivity contribution in [2.24, 2.45) is 0 Å². The van der Waals surface area contributed by atoms with Crippen LogP contribution in [0.2, 0.25) is 0 Å². The molecule has 0 spiro atoms. The predicted octanol–water partition coefficient (Wildman–Crippen LogP) is -0.854. The van der Waals surface area contributed by atoms with Gasteiger partial charge in [-0.05, 0) is 6.42 Å². The fraction of sp³-hybridized carbons (Fsp3) is 1.00. The lowest BCUT2D eigenvalue weighted by Gasteiger charge is -2.32. The summed E-state index contributed by atoms with van der Waals surface area (Å²) in [5.74, 6) is 0. The molecule has 4 nitrogen and oxygen atoms in total. The fourth-order valence-corrected chi connectivity index (χ4v) is 2.17. The van der Waals surface area contributed by atoms with Crippen LogP contribution in [0, 0.1) is 0 Å². The van der Waals surface area contributed by atoms with E-state index in [1.54, 1.807) is 0 Å². The largest absolute Gasteiger partial charge is 1.00 e. The molecule has 0 fully saturated rings. The van der Waals surface area contributed by atoms with Crippen LogP contribution in [0.15, 0.2) is 0 Å². The first-order chi connectivity index (χ1) is 9.18. The van der Waals surface area contributed by atoms with Crippen molar-refractivity contribution in [3.8, 4) is 0 Å². The van der Waals surface area contributed by atoms with E-state index >= 15 is 0 Å². The first kappa shape index (κ1) is 22.4. The summed E-state index contributed by atoms with van der Waals surface area (Å²) in [6.45, 7) is 5.15. The number of likely N-dealkylation sites (N-methyl/N-ethyl adjacent to an activating group) is 1. The van der Waals surface area contributed by atoms with Crippen LogP contribution >= 0.6 is 0 Å². The van der Waals surface area contributed by atoms with Crippen LogP contribution in [-0.4, -0.2) is 61.4 Å². The Labute approximate surface area is 131 Å². The smallest absolute Gasteiger partial charge is 0.183 e. The van der Waals surface area contributed by atoms with E-state index in [0.29, 0.717) is 24.3 Å². The summed E-state index contributed by atoms with van der Waals surface area (Å²) in [5, 5.41) is 18.0. The summed E-state index contributed by atoms with van der Waals surface area (Å²) in [5.41, 5.74) is 0. The second-order valence-corrected chi connectivity index (χ2v) is 5.67. The lowest BCUT2D eigenvalue weighted by Crippen LogP contribution is -3.00. The van der Waals surface area contributed by atoms with Gasteiger partial charge in [0.1, 0.15) is 13.1 Å². The lowest BCUT2D eigenvalue weighted by atomic mass is 10.1. The molecule has 0 heterocycles. The predicted molar refractivity (Wildman–Crippen MR) is 78.9 cm³/mol. The van der Waals surface area contributed by atoms with Crippen LogP contribution in [0.5, 0.6) is 0 Å². The monoisotopic (exact) mass is 311 g/mol. The van der Waals surface area contributed by atoms with E-state index in [9.17, 15) is 0 Å². The zero-order valence-corrected chi connectivity index (χ0v) is 14.1. The number of rotatable bonds is 14. The van der Waals surface area contributed by atoms with Crippen LogP contribution in [-0.2, 0) is 4.74 Å². The maximum absolute atomic E-state index is 9.02. The second kappa shape index (κ2) is 15.5. The topological polar surface area (TPSA) is 49.7 Å². The minimum Gasteiger partial charge on any atom is -1.00 e. The van der Waals surface area contributed by atoms with Crippen LogP contribution in [0.3, 0.4) is 0 Å². The lowest BCUT2D eigenvalue weighted by molar-refractivity contribution is -0.928. The Morgan fingerprint density at radius 2 is 1.35 bits per heavy atom. The molecule has 0 aromatic carbocycles. The highest BCUT2D eigenvalue weighted by Crippen LogP contribution is 2.07. The minimum absolute atomic E-state index is 0. The van der Waals surface area contributed by atoms with E-state index in [-0.39, 0.29) is 25.6 Å². The van der Waals surface area contributed by atoms with Gasteiger partial charge in [-0.25, -0.2) is 0 Å². The van der Waals surface area contributed by atoms with E-state index in [2.05, 4.69) is 6.92 Å². The molecule has 0 aliphatic rings. The molecule has 124 valence electrons. The summed E-state index contributed by atoms with van der Waals surface area (Å²) in [6, 6.07) is 0. The standard InChI is InChI=1S/C15H34NO3.ClH/c1-3-4-5-6-7-8-9-14-19-15-16(2,10-12-17)11-13-18;/h17-18H,3-15H2,1-2H3;1H/q+1;/p-1. The molecule has 0 saturated heterocycles. The van der Waals surface area contributed by atoms with Crippen molar-refractivity contribution < 1.29 is 31.8 Å². The number of quaternary nitrogens is 1. The van der Waals surface area contributed by atoms with Gasteiger partial charge >= 0.3 is 0 Å². The number of hydrogen-bond donors (Lipinski definition) is 2. The first-order valence-electron chi connectivity index (χ1n) is 7.81. The molecule has 0 unspecified atom stereocenters. The third-order valence-electron chi connectivity index (χ3n) is 3.57. The number of hydrogen-bond acceptors (Lipinski definition) is 3. The Morgan fingerprint density at radius 1 is 0.850 bits per heavy atom. The first-order valence-corrected chi connectivity index (χ1v) is 7.81. The Bertz CT molecular complexity index is 188. The van der Waals surface area contributed by atoms with Crippen molar-refractivity contribution in [2.45, 2.75) is 51.9 Å². The molecule has 0 aromatic heterocycles. The van der Waals surface area contributed by atoms with E-state index < -0.39 is 0 Å². The van der Waals surface area contributed by atoms with Crippen molar-refractivity contribution >= 4 is 0 Å². The number of unbranched alkanes of at least 4 members (excludes halogenated alkanes) is 6. The third-order valence-corrected chi connectivity index (χ3v) is 3.57. The molecule has 0 radical (unpaired) electrons. The highest BCUT2D eigenvalue weighted by Gasteiger charge is 2.19. The summed E-state index contributed by atoms with van der Waals surface area (Å²) in [7, 11) is 2.01. The summed E-state index contributed by atoms with van der Waals surface area (Å²) in [4.78, 5) is 0. The number of halogens is 1. The van der Waals surface area contributed by atoms with Gasteiger partial charge in [-0.15, -0.1) is 0 Å². The van der Waals surface area contributed by atoms with Crippen LogP contribution in [0.25, 0.3) is 0 Å². The van der Waals surface area contributed by atoms with Crippen molar-refractivity contribution in [1.82, 2.24) is 0 Å². The highest BCUT2D eigenvalue weighted by atomic mass is 35.5. The number of aliphatic hydroxyl groups excluding tert-OH is 2. The van der Waals surface area contributed by atoms with Gasteiger partial charge in [0, 0.05) is 0 Å². The van der Waals surface area contributed by atoms with Gasteiger partial charge in [0.2, 0.25) is 0 Å². The molecule has 0 atom stereocenters. The van der Waals surface area contributed by atoms with Gasteiger partial charge in [-0.3, -0.25) is 4.48 Å². The molecule has 0 saturated carbocycles. The molecule has 0 aromatic rings. The fourth-order valence-electron chi connectivity index (χ4n) is 2.17. The number of aliphatic hydroxyl groups is 2. The maximum Gasteiger partial charge on any atom is 0.183 e. The third kappa shape index (κ3) is 13.1. The zero-order chi connectivity index (χ0) is 14.4. The van der Waals surface area contributed by atoms with E-state index in [1.807, 2.05) is 7.05 Å². The summed E-state index contributed by atoms with van der Waals surface area (Å²) in [6.07, 6.45) is 9.03. The van der Waals surface area contributed by atoms with Crippen LogP contribution in [0.4, 0.5) is 0 Å². The summed E-state index contributed by atoms with van der Waals surface area (Å²) < 4.78 is 6.27. The number of ether oxygens (including phenoxy) is 1. The quantitative estimate of drug-likeness (QED) is 0.249. The Kier molecular flexibility index (Phi) is 17.4. The molecule has 0 rings (SSSR count).